The van der Waals surface area contributed by atoms with Crippen molar-refractivity contribution in [3.05, 3.63) is 0 Å². The van der Waals surface area contributed by atoms with Crippen molar-refractivity contribution in [1.82, 2.24) is 5.32 Å². The quantitative estimate of drug-likeness (QED) is 0.663. The second-order valence-corrected chi connectivity index (χ2v) is 4.89. The van der Waals surface area contributed by atoms with Gasteiger partial charge in [0.15, 0.2) is 5.12 Å². The van der Waals surface area contributed by atoms with Crippen LogP contribution in [-0.4, -0.2) is 34.5 Å². The van der Waals surface area contributed by atoms with Gasteiger partial charge in [-0.2, -0.15) is 0 Å². The van der Waals surface area contributed by atoms with Gasteiger partial charge in [-0.25, -0.2) is 0 Å². The first kappa shape index (κ1) is 15.4. The van der Waals surface area contributed by atoms with E-state index in [-0.39, 0.29) is 16.9 Å². The highest BCUT2D eigenvalue weighted by atomic mass is 32.2. The van der Waals surface area contributed by atoms with E-state index in [9.17, 15) is 14.7 Å². The zero-order chi connectivity index (χ0) is 12.6. The highest BCUT2D eigenvalue weighted by Gasteiger charge is 2.21. The van der Waals surface area contributed by atoms with Gasteiger partial charge >= 0.3 is 0 Å². The molecule has 0 rings (SSSR count). The fourth-order valence-corrected chi connectivity index (χ4v) is 2.04. The molecule has 0 aromatic carbocycles. The van der Waals surface area contributed by atoms with E-state index in [0.29, 0.717) is 18.7 Å². The Kier molecular flexibility index (Phi) is 8.29. The molecule has 94 valence electrons. The second kappa shape index (κ2) is 8.58. The Bertz CT molecular complexity index is 233. The number of carbonyl (C=O) groups excluding carboxylic acids is 2. The van der Waals surface area contributed by atoms with E-state index < -0.39 is 6.10 Å². The number of nitrogens with one attached hydrogen (secondary N) is 1. The van der Waals surface area contributed by atoms with Gasteiger partial charge in [0.05, 0.1) is 12.0 Å². The first-order chi connectivity index (χ1) is 7.49. The topological polar surface area (TPSA) is 66.4 Å². The van der Waals surface area contributed by atoms with Gasteiger partial charge in [0.25, 0.3) is 0 Å². The van der Waals surface area contributed by atoms with Crippen molar-refractivity contribution in [2.24, 2.45) is 5.92 Å². The summed E-state index contributed by atoms with van der Waals surface area (Å²) in [6, 6.07) is 0. The van der Waals surface area contributed by atoms with Gasteiger partial charge in [-0.15, -0.1) is 0 Å². The lowest BCUT2D eigenvalue weighted by atomic mass is 10.0. The van der Waals surface area contributed by atoms with E-state index in [1.54, 1.807) is 6.92 Å². The molecule has 0 saturated carbocycles. The van der Waals surface area contributed by atoms with Gasteiger partial charge in [-0.3, -0.25) is 9.59 Å². The molecule has 2 N–H and O–H groups in total. The van der Waals surface area contributed by atoms with Gasteiger partial charge in [-0.1, -0.05) is 32.0 Å². The molecular formula is C11H21NO3S. The molecule has 0 aliphatic rings. The lowest BCUT2D eigenvalue weighted by Crippen LogP contribution is -2.26. The molecule has 1 amide bonds. The largest absolute Gasteiger partial charge is 0.392 e. The molecule has 0 aromatic heterocycles. The van der Waals surface area contributed by atoms with Crippen molar-refractivity contribution >= 4 is 22.8 Å². The number of carbonyl (C=O) groups is 2. The smallest absolute Gasteiger partial charge is 0.216 e. The van der Waals surface area contributed by atoms with Crippen molar-refractivity contribution in [1.29, 1.82) is 0 Å². The van der Waals surface area contributed by atoms with Crippen LogP contribution in [0.4, 0.5) is 0 Å². The van der Waals surface area contributed by atoms with Crippen LogP contribution < -0.4 is 5.32 Å². The van der Waals surface area contributed by atoms with Crippen LogP contribution in [0.1, 0.15) is 33.6 Å². The summed E-state index contributed by atoms with van der Waals surface area (Å²) in [6.45, 7) is 5.65. The van der Waals surface area contributed by atoms with E-state index in [0.717, 1.165) is 6.42 Å². The summed E-state index contributed by atoms with van der Waals surface area (Å²) < 4.78 is 0. The van der Waals surface area contributed by atoms with Crippen molar-refractivity contribution in [3.63, 3.8) is 0 Å². The Morgan fingerprint density at radius 3 is 2.56 bits per heavy atom. The summed E-state index contributed by atoms with van der Waals surface area (Å²) >= 11 is 1.17. The van der Waals surface area contributed by atoms with Crippen LogP contribution in [0, 0.1) is 5.92 Å². The van der Waals surface area contributed by atoms with E-state index >= 15 is 0 Å². The Morgan fingerprint density at radius 2 is 2.06 bits per heavy atom. The first-order valence-corrected chi connectivity index (χ1v) is 6.56. The van der Waals surface area contributed by atoms with Gasteiger partial charge in [0.1, 0.15) is 0 Å². The molecule has 0 bridgehead atoms. The SMILES string of the molecule is CCCC(O)C(C)C(=O)SCCNC(C)=O. The molecule has 16 heavy (non-hydrogen) atoms. The third-order valence-corrected chi connectivity index (χ3v) is 3.32. The maximum Gasteiger partial charge on any atom is 0.216 e. The minimum atomic E-state index is -0.550. The Hall–Kier alpha value is -0.550. The summed E-state index contributed by atoms with van der Waals surface area (Å²) in [5.74, 6) is 0.135. The maximum atomic E-state index is 11.6. The number of rotatable bonds is 7. The number of hydrogen-bond acceptors (Lipinski definition) is 4. The minimum absolute atomic E-state index is 0.00805. The summed E-state index contributed by atoms with van der Waals surface area (Å²) in [5.41, 5.74) is 0. The second-order valence-electron chi connectivity index (χ2n) is 3.80. The van der Waals surface area contributed by atoms with Crippen LogP contribution in [0.3, 0.4) is 0 Å². The van der Waals surface area contributed by atoms with Crippen molar-refractivity contribution in [3.8, 4) is 0 Å². The summed E-state index contributed by atoms with van der Waals surface area (Å²) in [4.78, 5) is 22.2. The zero-order valence-corrected chi connectivity index (χ0v) is 11.0. The average Bonchev–Trinajstić information content (AvgIpc) is 2.23. The van der Waals surface area contributed by atoms with Crippen LogP contribution in [0.15, 0.2) is 0 Å². The normalized spacial score (nSPS) is 14.2. The third kappa shape index (κ3) is 6.85. The van der Waals surface area contributed by atoms with Gasteiger partial charge < -0.3 is 10.4 Å². The maximum absolute atomic E-state index is 11.6. The molecule has 0 spiro atoms. The number of aliphatic hydroxyl groups is 1. The van der Waals surface area contributed by atoms with Crippen molar-refractivity contribution < 1.29 is 14.7 Å². The lowest BCUT2D eigenvalue weighted by molar-refractivity contribution is -0.119. The number of amides is 1. The van der Waals surface area contributed by atoms with Crippen molar-refractivity contribution in [2.75, 3.05) is 12.3 Å². The fourth-order valence-electron chi connectivity index (χ4n) is 1.21. The molecule has 0 saturated heterocycles. The third-order valence-electron chi connectivity index (χ3n) is 2.25. The van der Waals surface area contributed by atoms with Crippen LogP contribution in [0.25, 0.3) is 0 Å². The van der Waals surface area contributed by atoms with Gasteiger partial charge in [-0.05, 0) is 6.42 Å². The number of thioether (sulfide) groups is 1. The summed E-state index contributed by atoms with van der Waals surface area (Å²) in [5, 5.41) is 12.2. The Morgan fingerprint density at radius 1 is 1.44 bits per heavy atom. The molecule has 0 fully saturated rings. The molecule has 5 heteroatoms. The highest BCUT2D eigenvalue weighted by molar-refractivity contribution is 8.13. The van der Waals surface area contributed by atoms with Gasteiger partial charge in [0.2, 0.25) is 5.91 Å². The van der Waals surface area contributed by atoms with Crippen LogP contribution in [0.2, 0.25) is 0 Å². The molecule has 2 atom stereocenters. The molecular weight excluding hydrogens is 226 g/mol. The molecule has 0 radical (unpaired) electrons. The number of aliphatic hydroxyl groups excluding tert-OH is 1. The summed E-state index contributed by atoms with van der Waals surface area (Å²) in [7, 11) is 0. The highest BCUT2D eigenvalue weighted by Crippen LogP contribution is 2.17. The van der Waals surface area contributed by atoms with Crippen LogP contribution >= 0.6 is 11.8 Å². The van der Waals surface area contributed by atoms with E-state index in [1.807, 2.05) is 6.92 Å². The molecule has 0 aliphatic carbocycles. The molecule has 0 aliphatic heterocycles. The molecule has 2 unspecified atom stereocenters. The number of hydrogen-bond donors (Lipinski definition) is 2. The predicted molar refractivity (Wildman–Crippen MR) is 66.2 cm³/mol. The molecule has 4 nitrogen and oxygen atoms in total. The van der Waals surface area contributed by atoms with Crippen LogP contribution in [0.5, 0.6) is 0 Å². The Labute approximate surface area is 101 Å². The average molecular weight is 247 g/mol. The van der Waals surface area contributed by atoms with E-state index in [2.05, 4.69) is 5.32 Å². The standard InChI is InChI=1S/C11H21NO3S/c1-4-5-10(14)8(2)11(15)16-7-6-12-9(3)13/h8,10,14H,4-7H2,1-3H3,(H,12,13). The van der Waals surface area contributed by atoms with E-state index in [4.69, 9.17) is 0 Å². The summed E-state index contributed by atoms with van der Waals surface area (Å²) in [6.07, 6.45) is 0.972. The minimum Gasteiger partial charge on any atom is -0.392 e. The monoisotopic (exact) mass is 247 g/mol. The van der Waals surface area contributed by atoms with Crippen molar-refractivity contribution in [2.45, 2.75) is 39.7 Å². The van der Waals surface area contributed by atoms with Gasteiger partial charge in [0, 0.05) is 19.2 Å². The zero-order valence-electron chi connectivity index (χ0n) is 10.2. The van der Waals surface area contributed by atoms with Crippen LogP contribution in [-0.2, 0) is 9.59 Å². The fraction of sp³-hybridized carbons (Fsp3) is 0.818. The van der Waals surface area contributed by atoms with E-state index in [1.165, 1.54) is 18.7 Å². The lowest BCUT2D eigenvalue weighted by Gasteiger charge is -2.16. The first-order valence-electron chi connectivity index (χ1n) is 5.58. The molecule has 0 heterocycles. The Balaban J connectivity index is 3.74. The molecule has 0 aromatic rings. The predicted octanol–water partition coefficient (Wildman–Crippen LogP) is 1.18.